The third-order valence-corrected chi connectivity index (χ3v) is 14.0. The number of para-hydroxylation sites is 1. The fraction of sp³-hybridized carbons (Fsp3) is 0.667. The number of hydrogen-bond donors (Lipinski definition) is 7. The maximum absolute atomic E-state index is 13.4. The second-order valence-corrected chi connectivity index (χ2v) is 21.0. The molecule has 23 nitrogen and oxygen atoms in total. The number of allylic oxidation sites excluding steroid dienone is 1. The first-order valence-electron chi connectivity index (χ1n) is 30.7. The van der Waals surface area contributed by atoms with Gasteiger partial charge in [-0.05, 0) is 75.1 Å². The molecule has 23 heteroatoms. The minimum absolute atomic E-state index is 0.000383. The first-order chi connectivity index (χ1) is 42.0. The molecule has 0 saturated heterocycles. The fourth-order valence-electron chi connectivity index (χ4n) is 8.78. The summed E-state index contributed by atoms with van der Waals surface area (Å²) in [6.07, 6.45) is 5.81. The van der Waals surface area contributed by atoms with Gasteiger partial charge in [-0.25, -0.2) is 0 Å². The van der Waals surface area contributed by atoms with Crippen LogP contribution in [0.25, 0.3) is 0 Å². The number of rotatable bonds is 48. The average Bonchev–Trinajstić information content (AvgIpc) is 3.30. The second-order valence-electron chi connectivity index (χ2n) is 21.0. The molecule has 3 atom stereocenters. The number of benzene rings is 2. The third kappa shape index (κ3) is 32.3. The highest BCUT2D eigenvalue weighted by Crippen LogP contribution is 2.26. The maximum atomic E-state index is 13.4. The Hall–Kier alpha value is -5.75. The van der Waals surface area contributed by atoms with E-state index in [0.717, 1.165) is 53.8 Å². The summed E-state index contributed by atoms with van der Waals surface area (Å²) in [6, 6.07) is 14.5. The van der Waals surface area contributed by atoms with Gasteiger partial charge in [-0.15, -0.1) is 0 Å². The Morgan fingerprint density at radius 3 is 1.79 bits per heavy atom. The molecule has 2 aliphatic rings. The van der Waals surface area contributed by atoms with Crippen molar-refractivity contribution in [3.8, 4) is 11.8 Å². The summed E-state index contributed by atoms with van der Waals surface area (Å²) >= 11 is 0. The number of hydrogen-bond acceptors (Lipinski definition) is 18. The van der Waals surface area contributed by atoms with Gasteiger partial charge in [0.25, 0.3) is 0 Å². The van der Waals surface area contributed by atoms with Crippen LogP contribution in [0.1, 0.15) is 108 Å². The minimum Gasteiger partial charge on any atom is -0.399 e. The molecule has 0 radical (unpaired) electrons. The van der Waals surface area contributed by atoms with Crippen molar-refractivity contribution in [3.05, 3.63) is 76.6 Å². The molecule has 1 heterocycles. The van der Waals surface area contributed by atoms with Crippen LogP contribution < -0.4 is 37.2 Å². The van der Waals surface area contributed by atoms with E-state index in [0.29, 0.717) is 163 Å². The number of amides is 5. The van der Waals surface area contributed by atoms with Crippen LogP contribution in [0.2, 0.25) is 0 Å². The molecule has 482 valence electrons. The lowest BCUT2D eigenvalue weighted by Crippen LogP contribution is -2.50. The van der Waals surface area contributed by atoms with Crippen LogP contribution in [0.5, 0.6) is 0 Å². The standard InChI is InChI=1S/C63H99N7O16/c1-49(2)50(3)68-63(76)55(17-11-12-25-66-60(74)48-86-57-19-6-4-5-16-54(62(57)64)65-26-30-78-34-38-82-43-45-85-46-44-84-40-36-80-32-28-71)69-59(73)24-29-77-33-37-81-41-42-83-39-35-79-31-27-67-58(72)22-23-61(75)70-47-53-15-8-7-13-51(53)20-21-52-14-9-10-18-56(52)70/h7-10,13-15,18,49-50,55,57,65,71H,4-6,11-12,16-17,19,22-48,64H2,1-3H3,(H,66,74)(H,67,72)(H,68,76)(H,69,73)/b62-54-/t50-,55-,57?/m1/s1. The predicted octanol–water partition coefficient (Wildman–Crippen LogP) is 3.40. The number of carbonyl (C=O) groups is 5. The number of nitrogens with one attached hydrogen (secondary N) is 5. The van der Waals surface area contributed by atoms with Crippen molar-refractivity contribution in [1.29, 1.82) is 0 Å². The largest absolute Gasteiger partial charge is 0.399 e. The lowest BCUT2D eigenvalue weighted by molar-refractivity contribution is -0.130. The normalized spacial score (nSPS) is 15.6. The SMILES string of the molecule is CC(C)[C@@H](C)NC(=O)[C@@H](CCCCNC(=O)COC1CCCCC/C(NCCOCCOCCOCCOCCOCCO)=C\1N)NC(=O)CCOCCOCCOCCOCCNC(=O)CCC(=O)N1Cc2ccccc2C#Cc2ccccc21. The molecular formula is C63H99N7O16. The van der Waals surface area contributed by atoms with Gasteiger partial charge in [0.1, 0.15) is 12.6 Å². The van der Waals surface area contributed by atoms with Gasteiger partial charge in [0, 0.05) is 61.8 Å². The minimum atomic E-state index is -0.747. The van der Waals surface area contributed by atoms with Crippen molar-refractivity contribution in [1.82, 2.24) is 26.6 Å². The van der Waals surface area contributed by atoms with E-state index in [1.165, 1.54) is 0 Å². The molecule has 1 aliphatic carbocycles. The molecule has 5 amide bonds. The van der Waals surface area contributed by atoms with E-state index in [1.807, 2.05) is 69.3 Å². The zero-order chi connectivity index (χ0) is 61.7. The number of unbranched alkanes of at least 4 members (excludes halogenated alkanes) is 1. The smallest absolute Gasteiger partial charge is 0.246 e. The lowest BCUT2D eigenvalue weighted by atomic mass is 9.99. The highest BCUT2D eigenvalue weighted by molar-refractivity contribution is 5.97. The fourth-order valence-corrected chi connectivity index (χ4v) is 8.78. The van der Waals surface area contributed by atoms with Crippen LogP contribution >= 0.6 is 0 Å². The van der Waals surface area contributed by atoms with Crippen molar-refractivity contribution in [3.63, 3.8) is 0 Å². The molecular weight excluding hydrogens is 1110 g/mol. The van der Waals surface area contributed by atoms with Gasteiger partial charge in [0.2, 0.25) is 29.5 Å². The number of nitrogens with zero attached hydrogens (tertiary/aromatic N) is 1. The van der Waals surface area contributed by atoms with E-state index >= 15 is 0 Å². The molecule has 1 unspecified atom stereocenters. The number of aliphatic hydroxyl groups excluding tert-OH is 1. The van der Waals surface area contributed by atoms with E-state index in [1.54, 1.807) is 4.90 Å². The van der Waals surface area contributed by atoms with Gasteiger partial charge in [-0.3, -0.25) is 24.0 Å². The molecule has 8 N–H and O–H groups in total. The molecule has 0 spiro atoms. The number of fused-ring (bicyclic) bond motifs is 2. The number of carbonyl (C=O) groups excluding carboxylic acids is 5. The molecule has 0 fully saturated rings. The molecule has 1 aliphatic heterocycles. The van der Waals surface area contributed by atoms with Gasteiger partial charge < -0.3 is 89.7 Å². The Morgan fingerprint density at radius 2 is 1.15 bits per heavy atom. The van der Waals surface area contributed by atoms with E-state index in [2.05, 4.69) is 38.4 Å². The van der Waals surface area contributed by atoms with E-state index < -0.39 is 12.1 Å². The van der Waals surface area contributed by atoms with E-state index in [9.17, 15) is 24.0 Å². The van der Waals surface area contributed by atoms with Crippen LogP contribution in [-0.2, 0) is 77.9 Å². The highest BCUT2D eigenvalue weighted by Gasteiger charge is 2.25. The van der Waals surface area contributed by atoms with Gasteiger partial charge >= 0.3 is 0 Å². The van der Waals surface area contributed by atoms with Crippen LogP contribution in [0.4, 0.5) is 5.69 Å². The highest BCUT2D eigenvalue weighted by atomic mass is 16.6. The molecule has 4 rings (SSSR count). The summed E-state index contributed by atoms with van der Waals surface area (Å²) in [5.74, 6) is 5.40. The van der Waals surface area contributed by atoms with E-state index in [4.69, 9.17) is 58.2 Å². The molecule has 0 aromatic heterocycles. The Bertz CT molecular complexity index is 2330. The van der Waals surface area contributed by atoms with Crippen LogP contribution in [0.15, 0.2) is 59.9 Å². The summed E-state index contributed by atoms with van der Waals surface area (Å²) in [5, 5.41) is 23.7. The predicted molar refractivity (Wildman–Crippen MR) is 325 cm³/mol. The zero-order valence-electron chi connectivity index (χ0n) is 51.3. The summed E-state index contributed by atoms with van der Waals surface area (Å²) in [4.78, 5) is 66.8. The third-order valence-electron chi connectivity index (χ3n) is 14.0. The Labute approximate surface area is 509 Å². The Kier molecular flexibility index (Phi) is 39.2. The molecule has 86 heavy (non-hydrogen) atoms. The van der Waals surface area contributed by atoms with Gasteiger partial charge in [0.15, 0.2) is 0 Å². The number of aliphatic hydroxyl groups is 1. The molecule has 2 aromatic carbocycles. The number of ether oxygens (including phenoxy) is 10. The first-order valence-corrected chi connectivity index (χ1v) is 30.7. The summed E-state index contributed by atoms with van der Waals surface area (Å²) < 4.78 is 55.7. The zero-order valence-corrected chi connectivity index (χ0v) is 51.3. The van der Waals surface area contributed by atoms with Gasteiger partial charge in [-0.2, -0.15) is 0 Å². The Balaban J connectivity index is 0.984. The monoisotopic (exact) mass is 1210 g/mol. The second kappa shape index (κ2) is 46.4. The summed E-state index contributed by atoms with van der Waals surface area (Å²) in [6.45, 7) is 14.3. The summed E-state index contributed by atoms with van der Waals surface area (Å²) in [7, 11) is 0. The molecule has 0 bridgehead atoms. The number of anilines is 1. The van der Waals surface area contributed by atoms with Crippen LogP contribution in [0.3, 0.4) is 0 Å². The average molecular weight is 1210 g/mol. The lowest BCUT2D eigenvalue weighted by Gasteiger charge is -2.26. The first kappa shape index (κ1) is 72.7. The van der Waals surface area contributed by atoms with Crippen LogP contribution in [0, 0.1) is 17.8 Å². The van der Waals surface area contributed by atoms with Crippen molar-refractivity contribution in [2.75, 3.05) is 157 Å². The molecule has 0 saturated carbocycles. The van der Waals surface area contributed by atoms with Gasteiger partial charge in [-0.1, -0.05) is 68.9 Å². The summed E-state index contributed by atoms with van der Waals surface area (Å²) in [5.41, 5.74) is 11.5. The van der Waals surface area contributed by atoms with Crippen molar-refractivity contribution >= 4 is 35.2 Å². The number of nitrogens with two attached hydrogens (primary N) is 1. The van der Waals surface area contributed by atoms with Crippen molar-refractivity contribution in [2.24, 2.45) is 11.7 Å². The van der Waals surface area contributed by atoms with Crippen molar-refractivity contribution < 1.29 is 76.4 Å². The van der Waals surface area contributed by atoms with Gasteiger partial charge in [0.05, 0.1) is 150 Å². The van der Waals surface area contributed by atoms with E-state index in [-0.39, 0.29) is 87.2 Å². The molecule has 2 aromatic rings. The Morgan fingerprint density at radius 1 is 0.593 bits per heavy atom. The van der Waals surface area contributed by atoms with Crippen LogP contribution in [-0.4, -0.2) is 205 Å². The quantitative estimate of drug-likeness (QED) is 0.0369. The topological polar surface area (TPSA) is 287 Å². The van der Waals surface area contributed by atoms with Crippen molar-refractivity contribution in [2.45, 2.75) is 116 Å². The maximum Gasteiger partial charge on any atom is 0.246 e.